The quantitative estimate of drug-likeness (QED) is 0.217. The summed E-state index contributed by atoms with van der Waals surface area (Å²) in [6.07, 6.45) is -0.160. The zero-order chi connectivity index (χ0) is 20.4. The van der Waals surface area contributed by atoms with Gasteiger partial charge in [-0.15, -0.1) is 0 Å². The van der Waals surface area contributed by atoms with Gasteiger partial charge in [-0.05, 0) is 12.3 Å². The van der Waals surface area contributed by atoms with Crippen LogP contribution in [-0.4, -0.2) is 52.8 Å². The Morgan fingerprint density at radius 1 is 1.00 bits per heavy atom. The number of aliphatic carboxylic acids is 1. The number of nitrogens with one attached hydrogen (secondary N) is 2. The Morgan fingerprint density at radius 2 is 1.58 bits per heavy atom. The van der Waals surface area contributed by atoms with E-state index in [1.807, 2.05) is 0 Å². The van der Waals surface area contributed by atoms with E-state index in [0.29, 0.717) is 6.42 Å². The molecule has 0 aromatic rings. The molecule has 148 valence electrons. The molecule has 4 unspecified atom stereocenters. The molecule has 0 aromatic heterocycles. The van der Waals surface area contributed by atoms with Crippen molar-refractivity contribution in [3.05, 3.63) is 0 Å². The largest absolute Gasteiger partial charge is 0.480 e. The van der Waals surface area contributed by atoms with Gasteiger partial charge in [-0.2, -0.15) is 0 Å². The molecule has 0 heterocycles. The molecule has 0 spiro atoms. The van der Waals surface area contributed by atoms with Crippen LogP contribution in [0.2, 0.25) is 0 Å². The summed E-state index contributed by atoms with van der Waals surface area (Å²) in [7, 11) is 0. The van der Waals surface area contributed by atoms with Crippen molar-refractivity contribution in [1.82, 2.24) is 10.6 Å². The molecule has 11 heteroatoms. The van der Waals surface area contributed by atoms with Crippen LogP contribution < -0.4 is 27.8 Å². The Labute approximate surface area is 151 Å². The van der Waals surface area contributed by atoms with Crippen LogP contribution in [0.15, 0.2) is 0 Å². The zero-order valence-electron chi connectivity index (χ0n) is 14.9. The Kier molecular flexibility index (Phi) is 9.89. The maximum absolute atomic E-state index is 12.4. The van der Waals surface area contributed by atoms with E-state index in [2.05, 4.69) is 10.6 Å². The van der Waals surface area contributed by atoms with Crippen molar-refractivity contribution in [3.63, 3.8) is 0 Å². The predicted octanol–water partition coefficient (Wildman–Crippen LogP) is -2.45. The molecule has 0 aliphatic heterocycles. The number of amides is 4. The highest BCUT2D eigenvalue weighted by molar-refractivity contribution is 5.93. The van der Waals surface area contributed by atoms with Gasteiger partial charge >= 0.3 is 5.97 Å². The minimum atomic E-state index is -1.51. The van der Waals surface area contributed by atoms with Crippen LogP contribution in [0.4, 0.5) is 0 Å². The first-order valence-electron chi connectivity index (χ1n) is 8.15. The van der Waals surface area contributed by atoms with Crippen LogP contribution in [-0.2, 0) is 24.0 Å². The molecule has 11 nitrogen and oxygen atoms in total. The summed E-state index contributed by atoms with van der Waals surface area (Å²) in [6.45, 7) is 3.46. The second kappa shape index (κ2) is 11.0. The fraction of sp³-hybridized carbons (Fsp3) is 0.667. The highest BCUT2D eigenvalue weighted by Crippen LogP contribution is 2.10. The van der Waals surface area contributed by atoms with Gasteiger partial charge in [0.05, 0.1) is 12.5 Å². The third-order valence-electron chi connectivity index (χ3n) is 3.85. The van der Waals surface area contributed by atoms with Gasteiger partial charge in [0.1, 0.15) is 12.1 Å². The molecular weight excluding hydrogens is 346 g/mol. The minimum Gasteiger partial charge on any atom is -0.480 e. The normalized spacial score (nSPS) is 15.2. The summed E-state index contributed by atoms with van der Waals surface area (Å²) in [5.74, 6) is -4.72. The van der Waals surface area contributed by atoms with E-state index in [1.165, 1.54) is 0 Å². The van der Waals surface area contributed by atoms with Crippen molar-refractivity contribution >= 4 is 29.6 Å². The van der Waals surface area contributed by atoms with Gasteiger partial charge in [0.25, 0.3) is 0 Å². The lowest BCUT2D eigenvalue weighted by atomic mass is 9.97. The van der Waals surface area contributed by atoms with Crippen LogP contribution >= 0.6 is 0 Å². The predicted molar refractivity (Wildman–Crippen MR) is 91.2 cm³/mol. The summed E-state index contributed by atoms with van der Waals surface area (Å²) in [4.78, 5) is 57.4. The number of nitrogens with two attached hydrogens (primary N) is 3. The van der Waals surface area contributed by atoms with Gasteiger partial charge in [-0.25, -0.2) is 4.79 Å². The summed E-state index contributed by atoms with van der Waals surface area (Å²) >= 11 is 0. The second-order valence-electron chi connectivity index (χ2n) is 6.05. The van der Waals surface area contributed by atoms with Crippen molar-refractivity contribution in [3.8, 4) is 0 Å². The van der Waals surface area contributed by atoms with E-state index in [1.54, 1.807) is 13.8 Å². The first-order valence-corrected chi connectivity index (χ1v) is 8.15. The number of hydrogen-bond acceptors (Lipinski definition) is 6. The van der Waals surface area contributed by atoms with Crippen LogP contribution in [0.1, 0.15) is 39.5 Å². The van der Waals surface area contributed by atoms with Gasteiger partial charge in [0.2, 0.25) is 23.6 Å². The Balaban J connectivity index is 5.09. The second-order valence-corrected chi connectivity index (χ2v) is 6.05. The molecule has 0 saturated heterocycles. The maximum atomic E-state index is 12.4. The van der Waals surface area contributed by atoms with Crippen LogP contribution in [0.25, 0.3) is 0 Å². The molecule has 26 heavy (non-hydrogen) atoms. The number of primary amides is 2. The number of carboxylic acid groups (broad SMARTS) is 1. The van der Waals surface area contributed by atoms with Gasteiger partial charge in [-0.1, -0.05) is 20.3 Å². The van der Waals surface area contributed by atoms with Crippen molar-refractivity contribution in [1.29, 1.82) is 0 Å². The molecule has 0 fully saturated rings. The summed E-state index contributed by atoms with van der Waals surface area (Å²) < 4.78 is 0. The van der Waals surface area contributed by atoms with E-state index >= 15 is 0 Å². The summed E-state index contributed by atoms with van der Waals surface area (Å²) in [5, 5.41) is 13.7. The lowest BCUT2D eigenvalue weighted by Gasteiger charge is -2.26. The van der Waals surface area contributed by atoms with E-state index < -0.39 is 54.1 Å². The first kappa shape index (κ1) is 23.3. The average Bonchev–Trinajstić information content (AvgIpc) is 2.55. The molecule has 0 aliphatic rings. The van der Waals surface area contributed by atoms with Crippen LogP contribution in [0, 0.1) is 5.92 Å². The lowest BCUT2D eigenvalue weighted by Crippen LogP contribution is -2.57. The topological polar surface area (TPSA) is 208 Å². The van der Waals surface area contributed by atoms with Crippen LogP contribution in [0.3, 0.4) is 0 Å². The molecule has 0 saturated carbocycles. The maximum Gasteiger partial charge on any atom is 0.326 e. The highest BCUT2D eigenvalue weighted by Gasteiger charge is 2.31. The Morgan fingerprint density at radius 3 is 2.00 bits per heavy atom. The number of carbonyl (C=O) groups is 5. The van der Waals surface area contributed by atoms with Gasteiger partial charge in [0, 0.05) is 6.42 Å². The standard InChI is InChI=1S/C15H27N5O6/c1-3-7(2)12(20-13(23)8(16)4-5-10(17)21)14(24)19-9(15(25)26)6-11(18)22/h7-9,12H,3-6,16H2,1-2H3,(H2,17,21)(H2,18,22)(H,19,24)(H,20,23)(H,25,26). The summed E-state index contributed by atoms with van der Waals surface area (Å²) in [5.41, 5.74) is 15.6. The third-order valence-corrected chi connectivity index (χ3v) is 3.85. The summed E-state index contributed by atoms with van der Waals surface area (Å²) in [6, 6.07) is -3.63. The van der Waals surface area contributed by atoms with Gasteiger partial charge in [-0.3, -0.25) is 19.2 Å². The van der Waals surface area contributed by atoms with Crippen molar-refractivity contribution in [2.45, 2.75) is 57.7 Å². The highest BCUT2D eigenvalue weighted by atomic mass is 16.4. The molecule has 0 aromatic carbocycles. The number of carbonyl (C=O) groups excluding carboxylic acids is 4. The van der Waals surface area contributed by atoms with Crippen molar-refractivity contribution in [2.24, 2.45) is 23.1 Å². The Bertz CT molecular complexity index is 553. The van der Waals surface area contributed by atoms with Crippen molar-refractivity contribution < 1.29 is 29.1 Å². The van der Waals surface area contributed by atoms with E-state index in [-0.39, 0.29) is 18.8 Å². The number of rotatable bonds is 12. The fourth-order valence-corrected chi connectivity index (χ4v) is 2.05. The monoisotopic (exact) mass is 373 g/mol. The molecule has 4 atom stereocenters. The van der Waals surface area contributed by atoms with E-state index in [0.717, 1.165) is 0 Å². The first-order chi connectivity index (χ1) is 12.0. The molecular formula is C15H27N5O6. The SMILES string of the molecule is CCC(C)C(NC(=O)C(N)CCC(N)=O)C(=O)NC(CC(N)=O)C(=O)O. The molecule has 0 bridgehead atoms. The average molecular weight is 373 g/mol. The molecule has 9 N–H and O–H groups in total. The van der Waals surface area contributed by atoms with E-state index in [9.17, 15) is 24.0 Å². The minimum absolute atomic E-state index is 0.00936. The number of hydrogen-bond donors (Lipinski definition) is 6. The zero-order valence-corrected chi connectivity index (χ0v) is 14.9. The Hall–Kier alpha value is -2.69. The lowest BCUT2D eigenvalue weighted by molar-refractivity contribution is -0.144. The third kappa shape index (κ3) is 8.42. The van der Waals surface area contributed by atoms with E-state index in [4.69, 9.17) is 22.3 Å². The smallest absolute Gasteiger partial charge is 0.326 e. The van der Waals surface area contributed by atoms with Crippen molar-refractivity contribution in [2.75, 3.05) is 0 Å². The molecule has 4 amide bonds. The molecule has 0 radical (unpaired) electrons. The molecule has 0 aliphatic carbocycles. The number of carboxylic acids is 1. The fourth-order valence-electron chi connectivity index (χ4n) is 2.05. The van der Waals surface area contributed by atoms with Gasteiger partial charge < -0.3 is 32.9 Å². The van der Waals surface area contributed by atoms with Crippen LogP contribution in [0.5, 0.6) is 0 Å². The van der Waals surface area contributed by atoms with Gasteiger partial charge in [0.15, 0.2) is 0 Å². The molecule has 0 rings (SSSR count).